The molecule has 1 saturated heterocycles. The molecule has 0 bridgehead atoms. The second kappa shape index (κ2) is 6.99. The van der Waals surface area contributed by atoms with Crippen LogP contribution in [-0.4, -0.2) is 54.0 Å². The van der Waals surface area contributed by atoms with Crippen molar-refractivity contribution in [3.63, 3.8) is 0 Å². The maximum Gasteiger partial charge on any atom is 0.408 e. The molecule has 1 aliphatic rings. The molecule has 0 spiro atoms. The Hall–Kier alpha value is -2.09. The van der Waals surface area contributed by atoms with E-state index in [-0.39, 0.29) is 12.1 Å². The first-order valence-electron chi connectivity index (χ1n) is 7.64. The van der Waals surface area contributed by atoms with E-state index in [1.165, 1.54) is 0 Å². The Morgan fingerprint density at radius 1 is 1.48 bits per heavy atom. The first kappa shape index (κ1) is 17.3. The third-order valence-corrected chi connectivity index (χ3v) is 3.50. The van der Waals surface area contributed by atoms with Gasteiger partial charge in [-0.2, -0.15) is 4.98 Å². The van der Waals surface area contributed by atoms with Crippen molar-refractivity contribution in [2.75, 3.05) is 30.8 Å². The number of amides is 1. The van der Waals surface area contributed by atoms with Crippen molar-refractivity contribution >= 4 is 17.9 Å². The van der Waals surface area contributed by atoms with Gasteiger partial charge in [0.05, 0.1) is 12.1 Å². The minimum atomic E-state index is -0.544. The summed E-state index contributed by atoms with van der Waals surface area (Å²) in [6, 6.07) is 1.43. The monoisotopic (exact) mass is 323 g/mol. The molecule has 3 N–H and O–H groups in total. The van der Waals surface area contributed by atoms with Gasteiger partial charge in [0.15, 0.2) is 0 Å². The van der Waals surface area contributed by atoms with Crippen LogP contribution in [0.4, 0.5) is 16.6 Å². The third-order valence-electron chi connectivity index (χ3n) is 3.50. The molecule has 2 heterocycles. The van der Waals surface area contributed by atoms with Gasteiger partial charge in [-0.15, -0.1) is 0 Å². The standard InChI is InChI=1S/C15H25N5O3/c1-15(2,3)23-14(21)18-10-9-20(8-6-11(10)22-4)13-17-7-5-12(16)19-13/h5,7,10-11H,6,8-9H2,1-4H3,(H,18,21)(H2,16,17,19)/t10-,11-/m1/s1. The maximum absolute atomic E-state index is 12.0. The number of carbonyl (C=O) groups excluding carboxylic acids is 1. The van der Waals surface area contributed by atoms with Crippen molar-refractivity contribution in [3.05, 3.63) is 12.3 Å². The number of methoxy groups -OCH3 is 1. The Morgan fingerprint density at radius 2 is 2.22 bits per heavy atom. The highest BCUT2D eigenvalue weighted by atomic mass is 16.6. The number of ether oxygens (including phenoxy) is 2. The molecule has 8 nitrogen and oxygen atoms in total. The molecule has 8 heteroatoms. The zero-order valence-corrected chi connectivity index (χ0v) is 14.1. The van der Waals surface area contributed by atoms with Crippen LogP contribution in [-0.2, 0) is 9.47 Å². The van der Waals surface area contributed by atoms with Crippen molar-refractivity contribution in [2.24, 2.45) is 0 Å². The molecule has 1 amide bonds. The lowest BCUT2D eigenvalue weighted by atomic mass is 10.0. The fourth-order valence-electron chi connectivity index (χ4n) is 2.51. The summed E-state index contributed by atoms with van der Waals surface area (Å²) in [5.41, 5.74) is 5.17. The van der Waals surface area contributed by atoms with Crippen LogP contribution in [0.2, 0.25) is 0 Å². The van der Waals surface area contributed by atoms with E-state index in [1.807, 2.05) is 25.7 Å². The molecule has 1 aromatic rings. The average molecular weight is 323 g/mol. The van der Waals surface area contributed by atoms with Crippen molar-refractivity contribution in [2.45, 2.75) is 44.9 Å². The number of alkyl carbamates (subject to hydrolysis) is 1. The summed E-state index contributed by atoms with van der Waals surface area (Å²) in [5, 5.41) is 2.88. The molecule has 1 aromatic heterocycles. The van der Waals surface area contributed by atoms with E-state index < -0.39 is 11.7 Å². The fourth-order valence-corrected chi connectivity index (χ4v) is 2.51. The van der Waals surface area contributed by atoms with Gasteiger partial charge < -0.3 is 25.4 Å². The van der Waals surface area contributed by atoms with E-state index in [4.69, 9.17) is 15.2 Å². The van der Waals surface area contributed by atoms with Crippen LogP contribution in [0, 0.1) is 0 Å². The number of hydrogen-bond acceptors (Lipinski definition) is 7. The first-order valence-corrected chi connectivity index (χ1v) is 7.64. The lowest BCUT2D eigenvalue weighted by molar-refractivity contribution is 0.0279. The summed E-state index contributed by atoms with van der Waals surface area (Å²) in [6.07, 6.45) is 1.82. The molecule has 0 aromatic carbocycles. The predicted octanol–water partition coefficient (Wildman–Crippen LogP) is 1.18. The zero-order valence-electron chi connectivity index (χ0n) is 14.1. The summed E-state index contributed by atoms with van der Waals surface area (Å²) in [4.78, 5) is 22.5. The lowest BCUT2D eigenvalue weighted by Gasteiger charge is -2.38. The Labute approximate surface area is 136 Å². The normalized spacial score (nSPS) is 21.8. The molecule has 1 aliphatic heterocycles. The van der Waals surface area contributed by atoms with Crippen LogP contribution in [0.1, 0.15) is 27.2 Å². The van der Waals surface area contributed by atoms with Gasteiger partial charge in [0.25, 0.3) is 0 Å². The van der Waals surface area contributed by atoms with Crippen LogP contribution in [0.5, 0.6) is 0 Å². The number of nitrogens with one attached hydrogen (secondary N) is 1. The number of rotatable bonds is 3. The zero-order chi connectivity index (χ0) is 17.0. The molecule has 0 saturated carbocycles. The molecule has 0 aliphatic carbocycles. The van der Waals surface area contributed by atoms with Crippen LogP contribution < -0.4 is 16.0 Å². The number of carbonyl (C=O) groups is 1. The van der Waals surface area contributed by atoms with Crippen LogP contribution in [0.15, 0.2) is 12.3 Å². The van der Waals surface area contributed by atoms with E-state index in [1.54, 1.807) is 19.4 Å². The lowest BCUT2D eigenvalue weighted by Crippen LogP contribution is -2.56. The van der Waals surface area contributed by atoms with E-state index >= 15 is 0 Å². The highest BCUT2D eigenvalue weighted by Crippen LogP contribution is 2.19. The highest BCUT2D eigenvalue weighted by Gasteiger charge is 2.32. The molecule has 2 rings (SSSR count). The minimum absolute atomic E-state index is 0.0835. The Balaban J connectivity index is 2.05. The first-order chi connectivity index (χ1) is 10.8. The smallest absolute Gasteiger partial charge is 0.408 e. The second-order valence-corrected chi connectivity index (χ2v) is 6.54. The Bertz CT molecular complexity index is 546. The number of anilines is 2. The molecule has 0 unspecified atom stereocenters. The van der Waals surface area contributed by atoms with Crippen LogP contribution in [0.3, 0.4) is 0 Å². The van der Waals surface area contributed by atoms with Crippen molar-refractivity contribution < 1.29 is 14.3 Å². The molecule has 23 heavy (non-hydrogen) atoms. The molecule has 2 atom stereocenters. The van der Waals surface area contributed by atoms with E-state index in [9.17, 15) is 4.79 Å². The summed E-state index contributed by atoms with van der Waals surface area (Å²) in [7, 11) is 1.64. The quantitative estimate of drug-likeness (QED) is 0.861. The molecule has 128 valence electrons. The highest BCUT2D eigenvalue weighted by molar-refractivity contribution is 5.68. The van der Waals surface area contributed by atoms with Gasteiger partial charge in [-0.05, 0) is 33.3 Å². The van der Waals surface area contributed by atoms with Crippen LogP contribution in [0.25, 0.3) is 0 Å². The van der Waals surface area contributed by atoms with Gasteiger partial charge in [-0.1, -0.05) is 0 Å². The SMILES string of the molecule is CO[C@@H]1CCN(c2nccc(N)n2)C[C@H]1NC(=O)OC(C)(C)C. The molecular formula is C15H25N5O3. The average Bonchev–Trinajstić information content (AvgIpc) is 2.45. The van der Waals surface area contributed by atoms with Gasteiger partial charge >= 0.3 is 6.09 Å². The number of hydrogen-bond donors (Lipinski definition) is 2. The van der Waals surface area contributed by atoms with E-state index in [2.05, 4.69) is 15.3 Å². The van der Waals surface area contributed by atoms with Gasteiger partial charge in [0.1, 0.15) is 11.4 Å². The van der Waals surface area contributed by atoms with E-state index in [0.29, 0.717) is 18.3 Å². The number of aromatic nitrogens is 2. The number of nitrogens with two attached hydrogens (primary N) is 1. The molecule has 0 radical (unpaired) electrons. The van der Waals surface area contributed by atoms with Gasteiger partial charge in [-0.3, -0.25) is 0 Å². The number of piperidine rings is 1. The van der Waals surface area contributed by atoms with Gasteiger partial charge in [0.2, 0.25) is 5.95 Å². The summed E-state index contributed by atoms with van der Waals surface area (Å²) in [5.74, 6) is 0.969. The fraction of sp³-hybridized carbons (Fsp3) is 0.667. The van der Waals surface area contributed by atoms with Gasteiger partial charge in [0, 0.05) is 26.4 Å². The number of nitrogen functional groups attached to an aromatic ring is 1. The summed E-state index contributed by atoms with van der Waals surface area (Å²) < 4.78 is 10.8. The topological polar surface area (TPSA) is 103 Å². The third kappa shape index (κ3) is 4.95. The Morgan fingerprint density at radius 3 is 2.83 bits per heavy atom. The number of nitrogens with zero attached hydrogens (tertiary/aromatic N) is 3. The van der Waals surface area contributed by atoms with Crippen LogP contribution >= 0.6 is 0 Å². The Kier molecular flexibility index (Phi) is 5.25. The molecule has 1 fully saturated rings. The summed E-state index contributed by atoms with van der Waals surface area (Å²) >= 11 is 0. The van der Waals surface area contributed by atoms with Crippen molar-refractivity contribution in [1.29, 1.82) is 0 Å². The predicted molar refractivity (Wildman–Crippen MR) is 87.2 cm³/mol. The van der Waals surface area contributed by atoms with E-state index in [0.717, 1.165) is 13.0 Å². The largest absolute Gasteiger partial charge is 0.444 e. The van der Waals surface area contributed by atoms with Gasteiger partial charge in [-0.25, -0.2) is 9.78 Å². The van der Waals surface area contributed by atoms with Crippen molar-refractivity contribution in [1.82, 2.24) is 15.3 Å². The van der Waals surface area contributed by atoms with Crippen molar-refractivity contribution in [3.8, 4) is 0 Å². The second-order valence-electron chi connectivity index (χ2n) is 6.54. The minimum Gasteiger partial charge on any atom is -0.444 e. The maximum atomic E-state index is 12.0. The molecular weight excluding hydrogens is 298 g/mol. The summed E-state index contributed by atoms with van der Waals surface area (Å²) in [6.45, 7) is 6.74.